The Morgan fingerprint density at radius 2 is 1.95 bits per heavy atom. The van der Waals surface area contributed by atoms with Gasteiger partial charge in [-0.25, -0.2) is 0 Å². The van der Waals surface area contributed by atoms with Gasteiger partial charge in [-0.05, 0) is 40.8 Å². The van der Waals surface area contributed by atoms with Crippen molar-refractivity contribution in [2.75, 3.05) is 5.32 Å². The molecule has 1 aromatic heterocycles. The van der Waals surface area contributed by atoms with Crippen LogP contribution in [0.5, 0.6) is 0 Å². The van der Waals surface area contributed by atoms with Crippen LogP contribution < -0.4 is 5.32 Å². The molecule has 0 amide bonds. The van der Waals surface area contributed by atoms with Gasteiger partial charge in [0.15, 0.2) is 5.82 Å². The van der Waals surface area contributed by atoms with Gasteiger partial charge >= 0.3 is 0 Å². The Kier molecular flexibility index (Phi) is 4.17. The summed E-state index contributed by atoms with van der Waals surface area (Å²) in [5, 5.41) is 15.7. The first-order valence-electron chi connectivity index (χ1n) is 6.25. The summed E-state index contributed by atoms with van der Waals surface area (Å²) in [6.45, 7) is 0.470. The van der Waals surface area contributed by atoms with Crippen molar-refractivity contribution in [3.63, 3.8) is 0 Å². The lowest BCUT2D eigenvalue weighted by Gasteiger charge is -2.09. The van der Waals surface area contributed by atoms with Gasteiger partial charge in [-0.2, -0.15) is 4.68 Å². The summed E-state index contributed by atoms with van der Waals surface area (Å²) in [5.74, 6) is 0.706. The lowest BCUT2D eigenvalue weighted by Crippen LogP contribution is -2.08. The first-order chi connectivity index (χ1) is 10.2. The van der Waals surface area contributed by atoms with E-state index in [-0.39, 0.29) is 0 Å². The van der Waals surface area contributed by atoms with Gasteiger partial charge in [0.1, 0.15) is 0 Å². The number of benzene rings is 2. The molecule has 3 rings (SSSR count). The van der Waals surface area contributed by atoms with Crippen LogP contribution in [0.1, 0.15) is 5.82 Å². The minimum atomic E-state index is 0.470. The minimum Gasteiger partial charge on any atom is -0.376 e. The van der Waals surface area contributed by atoms with Crippen molar-refractivity contribution in [2.24, 2.45) is 0 Å². The van der Waals surface area contributed by atoms with E-state index in [1.807, 2.05) is 48.5 Å². The van der Waals surface area contributed by atoms with Gasteiger partial charge in [0, 0.05) is 4.47 Å². The monoisotopic (exact) mass is 363 g/mol. The molecule has 0 bridgehead atoms. The molecule has 0 aliphatic heterocycles. The second kappa shape index (κ2) is 6.24. The third-order valence-electron chi connectivity index (χ3n) is 2.90. The lowest BCUT2D eigenvalue weighted by atomic mass is 10.3. The molecule has 21 heavy (non-hydrogen) atoms. The highest BCUT2D eigenvalue weighted by Gasteiger charge is 2.08. The molecule has 1 N–H and O–H groups in total. The van der Waals surface area contributed by atoms with Crippen molar-refractivity contribution in [2.45, 2.75) is 6.54 Å². The van der Waals surface area contributed by atoms with E-state index in [2.05, 4.69) is 36.8 Å². The van der Waals surface area contributed by atoms with Gasteiger partial charge in [-0.15, -0.1) is 5.10 Å². The normalized spacial score (nSPS) is 10.6. The van der Waals surface area contributed by atoms with E-state index in [4.69, 9.17) is 11.6 Å². The highest BCUT2D eigenvalue weighted by molar-refractivity contribution is 9.10. The van der Waals surface area contributed by atoms with Crippen LogP contribution in [0.3, 0.4) is 0 Å². The molecular weight excluding hydrogens is 354 g/mol. The average Bonchev–Trinajstić information content (AvgIpc) is 2.97. The van der Waals surface area contributed by atoms with E-state index < -0.39 is 0 Å². The Hall–Kier alpha value is -1.92. The summed E-state index contributed by atoms with van der Waals surface area (Å²) in [6, 6.07) is 15.4. The molecule has 0 atom stereocenters. The van der Waals surface area contributed by atoms with Gasteiger partial charge < -0.3 is 5.32 Å². The molecule has 0 spiro atoms. The maximum atomic E-state index is 6.15. The Morgan fingerprint density at radius 3 is 2.76 bits per heavy atom. The lowest BCUT2D eigenvalue weighted by molar-refractivity contribution is 0.768. The van der Waals surface area contributed by atoms with E-state index in [1.165, 1.54) is 0 Å². The summed E-state index contributed by atoms with van der Waals surface area (Å²) >= 11 is 9.57. The van der Waals surface area contributed by atoms with Crippen LogP contribution in [0.15, 0.2) is 53.0 Å². The second-order valence-electron chi connectivity index (χ2n) is 4.32. The third-order valence-corrected chi connectivity index (χ3v) is 3.72. The Bertz CT molecular complexity index is 744. The highest BCUT2D eigenvalue weighted by Crippen LogP contribution is 2.26. The smallest absolute Gasteiger partial charge is 0.175 e. The SMILES string of the molecule is Clc1ccc(Br)cc1NCc1nnnn1-c1ccccc1. The van der Waals surface area contributed by atoms with Crippen molar-refractivity contribution >= 4 is 33.2 Å². The van der Waals surface area contributed by atoms with E-state index in [1.54, 1.807) is 4.68 Å². The van der Waals surface area contributed by atoms with E-state index >= 15 is 0 Å². The van der Waals surface area contributed by atoms with Gasteiger partial charge in [0.2, 0.25) is 0 Å². The van der Waals surface area contributed by atoms with Crippen molar-refractivity contribution in [1.29, 1.82) is 0 Å². The number of nitrogens with zero attached hydrogens (tertiary/aromatic N) is 4. The molecule has 0 saturated heterocycles. The summed E-state index contributed by atoms with van der Waals surface area (Å²) in [6.07, 6.45) is 0. The molecule has 0 unspecified atom stereocenters. The summed E-state index contributed by atoms with van der Waals surface area (Å²) in [5.41, 5.74) is 1.74. The van der Waals surface area contributed by atoms with Crippen molar-refractivity contribution in [3.05, 3.63) is 63.9 Å². The predicted octanol–water partition coefficient (Wildman–Crippen LogP) is 3.69. The first-order valence-corrected chi connectivity index (χ1v) is 7.43. The van der Waals surface area contributed by atoms with Crippen LogP contribution in [-0.4, -0.2) is 20.2 Å². The highest BCUT2D eigenvalue weighted by atomic mass is 79.9. The molecule has 1 heterocycles. The van der Waals surface area contributed by atoms with Crippen LogP contribution in [0.25, 0.3) is 5.69 Å². The molecule has 5 nitrogen and oxygen atoms in total. The second-order valence-corrected chi connectivity index (χ2v) is 5.64. The summed E-state index contributed by atoms with van der Waals surface area (Å²) in [7, 11) is 0. The summed E-state index contributed by atoms with van der Waals surface area (Å²) < 4.78 is 2.65. The number of hydrogen-bond donors (Lipinski definition) is 1. The molecule has 0 saturated carbocycles. The summed E-state index contributed by atoms with van der Waals surface area (Å²) in [4.78, 5) is 0. The topological polar surface area (TPSA) is 55.6 Å². The first kappa shape index (κ1) is 14.0. The largest absolute Gasteiger partial charge is 0.376 e. The quantitative estimate of drug-likeness (QED) is 0.767. The predicted molar refractivity (Wildman–Crippen MR) is 85.6 cm³/mol. The van der Waals surface area contributed by atoms with Crippen LogP contribution in [0.4, 0.5) is 5.69 Å². The van der Waals surface area contributed by atoms with E-state index in [0.29, 0.717) is 17.4 Å². The molecule has 0 fully saturated rings. The van der Waals surface area contributed by atoms with Gasteiger partial charge in [-0.3, -0.25) is 0 Å². The molecule has 0 aliphatic carbocycles. The number of hydrogen-bond acceptors (Lipinski definition) is 4. The maximum Gasteiger partial charge on any atom is 0.175 e. The van der Waals surface area contributed by atoms with Crippen LogP contribution in [0, 0.1) is 0 Å². The van der Waals surface area contributed by atoms with Gasteiger partial charge in [0.05, 0.1) is 22.9 Å². The standard InChI is InChI=1S/C14H11BrClN5/c15-10-6-7-12(16)13(8-10)17-9-14-18-19-20-21(14)11-4-2-1-3-5-11/h1-8,17H,9H2. The van der Waals surface area contributed by atoms with Gasteiger partial charge in [0.25, 0.3) is 0 Å². The van der Waals surface area contributed by atoms with Crippen molar-refractivity contribution < 1.29 is 0 Å². The molecule has 2 aromatic carbocycles. The molecular formula is C14H11BrClN5. The van der Waals surface area contributed by atoms with E-state index in [0.717, 1.165) is 15.8 Å². The zero-order valence-electron chi connectivity index (χ0n) is 10.9. The molecule has 106 valence electrons. The third kappa shape index (κ3) is 3.22. The number of halogens is 2. The number of aromatic nitrogens is 4. The molecule has 3 aromatic rings. The number of tetrazole rings is 1. The Labute approximate surface area is 135 Å². The molecule has 0 radical (unpaired) electrons. The van der Waals surface area contributed by atoms with Crippen LogP contribution in [0.2, 0.25) is 5.02 Å². The van der Waals surface area contributed by atoms with E-state index in [9.17, 15) is 0 Å². The fourth-order valence-electron chi connectivity index (χ4n) is 1.89. The fraction of sp³-hybridized carbons (Fsp3) is 0.0714. The van der Waals surface area contributed by atoms with Crippen molar-refractivity contribution in [3.8, 4) is 5.69 Å². The Morgan fingerprint density at radius 1 is 1.14 bits per heavy atom. The number of rotatable bonds is 4. The average molecular weight is 365 g/mol. The molecule has 7 heteroatoms. The minimum absolute atomic E-state index is 0.470. The van der Waals surface area contributed by atoms with Crippen LogP contribution >= 0.6 is 27.5 Å². The van der Waals surface area contributed by atoms with Crippen molar-refractivity contribution in [1.82, 2.24) is 20.2 Å². The fourth-order valence-corrected chi connectivity index (χ4v) is 2.44. The van der Waals surface area contributed by atoms with Gasteiger partial charge in [-0.1, -0.05) is 45.7 Å². The zero-order chi connectivity index (χ0) is 14.7. The number of para-hydroxylation sites is 1. The number of nitrogens with one attached hydrogen (secondary N) is 1. The molecule has 0 aliphatic rings. The van der Waals surface area contributed by atoms with Crippen LogP contribution in [-0.2, 0) is 6.54 Å². The zero-order valence-corrected chi connectivity index (χ0v) is 13.2. The maximum absolute atomic E-state index is 6.15. The number of anilines is 1. The Balaban J connectivity index is 1.81.